The second-order valence-corrected chi connectivity index (χ2v) is 6.00. The van der Waals surface area contributed by atoms with E-state index in [0.29, 0.717) is 17.1 Å². The Hall–Kier alpha value is -2.83. The molecule has 2 aromatic carbocycles. The highest BCUT2D eigenvalue weighted by Crippen LogP contribution is 2.30. The minimum Gasteiger partial charge on any atom is -0.343 e. The van der Waals surface area contributed by atoms with Crippen molar-refractivity contribution >= 4 is 11.6 Å². The van der Waals surface area contributed by atoms with Crippen LogP contribution in [-0.4, -0.2) is 4.57 Å². The number of hydrogen-bond acceptors (Lipinski definition) is 2. The number of hydrogen-bond donors (Lipinski definition) is 0. The fourth-order valence-corrected chi connectivity index (χ4v) is 2.88. The molecule has 1 aromatic heterocycles. The molecule has 3 nitrogen and oxygen atoms in total. The quantitative estimate of drug-likeness (QED) is 0.712. The zero-order chi connectivity index (χ0) is 17.1. The Kier molecular flexibility index (Phi) is 4.50. The van der Waals surface area contributed by atoms with Crippen LogP contribution in [0.15, 0.2) is 65.6 Å². The van der Waals surface area contributed by atoms with Crippen LogP contribution in [0.2, 0.25) is 5.02 Å². The molecule has 0 unspecified atom stereocenters. The molecule has 0 atom stereocenters. The van der Waals surface area contributed by atoms with Gasteiger partial charge in [-0.25, -0.2) is 0 Å². The predicted molar refractivity (Wildman–Crippen MR) is 96.1 cm³/mol. The summed E-state index contributed by atoms with van der Waals surface area (Å²) in [7, 11) is 0. The lowest BCUT2D eigenvalue weighted by Gasteiger charge is -2.15. The second-order valence-electron chi connectivity index (χ2n) is 5.62. The number of benzene rings is 2. The van der Waals surface area contributed by atoms with Gasteiger partial charge in [0.1, 0.15) is 0 Å². The third-order valence-electron chi connectivity index (χ3n) is 3.88. The molecule has 24 heavy (non-hydrogen) atoms. The number of nitrogens with zero attached hydrogens (tertiary/aromatic N) is 2. The molecule has 1 heterocycles. The summed E-state index contributed by atoms with van der Waals surface area (Å²) in [6, 6.07) is 18.5. The fourth-order valence-electron chi connectivity index (χ4n) is 2.66. The molecule has 0 aliphatic rings. The molecule has 0 fully saturated rings. The first kappa shape index (κ1) is 16.0. The summed E-state index contributed by atoms with van der Waals surface area (Å²) in [5.41, 5.74) is 4.09. The Morgan fingerprint density at radius 2 is 1.92 bits per heavy atom. The molecule has 3 aromatic rings. The van der Waals surface area contributed by atoms with Gasteiger partial charge in [-0.2, -0.15) is 5.26 Å². The van der Waals surface area contributed by atoms with Crippen LogP contribution in [-0.2, 0) is 6.54 Å². The molecular weight excluding hydrogens is 320 g/mol. The van der Waals surface area contributed by atoms with Gasteiger partial charge in [0.2, 0.25) is 0 Å². The van der Waals surface area contributed by atoms with Crippen molar-refractivity contribution in [2.75, 3.05) is 0 Å². The first-order valence-corrected chi connectivity index (χ1v) is 7.91. The highest BCUT2D eigenvalue weighted by molar-refractivity contribution is 6.34. The molecule has 0 radical (unpaired) electrons. The summed E-state index contributed by atoms with van der Waals surface area (Å²) in [6.45, 7) is 2.49. The van der Waals surface area contributed by atoms with Crippen molar-refractivity contribution in [3.05, 3.63) is 92.7 Å². The van der Waals surface area contributed by atoms with E-state index in [2.05, 4.69) is 6.07 Å². The molecule has 0 aliphatic heterocycles. The lowest BCUT2D eigenvalue weighted by Crippen LogP contribution is -2.10. The van der Waals surface area contributed by atoms with Crippen molar-refractivity contribution in [3.8, 4) is 17.3 Å². The van der Waals surface area contributed by atoms with Gasteiger partial charge in [0.05, 0.1) is 22.3 Å². The zero-order valence-corrected chi connectivity index (χ0v) is 13.9. The van der Waals surface area contributed by atoms with E-state index in [0.717, 1.165) is 22.4 Å². The standard InChI is InChI=1S/C20H15ClN2O/c1-14-4-2-7-18(20(14)21)19-11-17(24)8-9-23(19)13-16-6-3-5-15(10-16)12-22/h2-11H,13H2,1H3. The summed E-state index contributed by atoms with van der Waals surface area (Å²) < 4.78 is 1.97. The minimum absolute atomic E-state index is 0.0652. The molecule has 118 valence electrons. The van der Waals surface area contributed by atoms with Crippen molar-refractivity contribution in [1.29, 1.82) is 5.26 Å². The van der Waals surface area contributed by atoms with Crippen LogP contribution in [0.3, 0.4) is 0 Å². The van der Waals surface area contributed by atoms with Gasteiger partial charge in [-0.05, 0) is 30.2 Å². The van der Waals surface area contributed by atoms with Gasteiger partial charge >= 0.3 is 0 Å². The van der Waals surface area contributed by atoms with E-state index in [9.17, 15) is 4.79 Å². The van der Waals surface area contributed by atoms with E-state index in [4.69, 9.17) is 16.9 Å². The van der Waals surface area contributed by atoms with Crippen molar-refractivity contribution in [2.45, 2.75) is 13.5 Å². The van der Waals surface area contributed by atoms with E-state index in [1.54, 1.807) is 18.3 Å². The minimum atomic E-state index is -0.0652. The van der Waals surface area contributed by atoms with E-state index in [-0.39, 0.29) is 5.43 Å². The van der Waals surface area contributed by atoms with E-state index < -0.39 is 0 Å². The van der Waals surface area contributed by atoms with Gasteiger partial charge in [0.15, 0.2) is 5.43 Å². The average Bonchev–Trinajstić information content (AvgIpc) is 2.59. The summed E-state index contributed by atoms with van der Waals surface area (Å²) in [5, 5.41) is 9.69. The van der Waals surface area contributed by atoms with Gasteiger partial charge in [0, 0.05) is 30.4 Å². The van der Waals surface area contributed by atoms with E-state index >= 15 is 0 Å². The Morgan fingerprint density at radius 3 is 2.71 bits per heavy atom. The van der Waals surface area contributed by atoms with Crippen LogP contribution in [0.5, 0.6) is 0 Å². The van der Waals surface area contributed by atoms with E-state index in [1.807, 2.05) is 47.9 Å². The molecule has 0 N–H and O–H groups in total. The van der Waals surface area contributed by atoms with E-state index in [1.165, 1.54) is 6.07 Å². The summed E-state index contributed by atoms with van der Waals surface area (Å²) >= 11 is 6.44. The van der Waals surface area contributed by atoms with Crippen molar-refractivity contribution in [2.24, 2.45) is 0 Å². The smallest absolute Gasteiger partial charge is 0.182 e. The Morgan fingerprint density at radius 1 is 1.12 bits per heavy atom. The van der Waals surface area contributed by atoms with Crippen molar-refractivity contribution < 1.29 is 0 Å². The number of aromatic nitrogens is 1. The maximum atomic E-state index is 11.9. The van der Waals surface area contributed by atoms with Crippen LogP contribution < -0.4 is 5.43 Å². The summed E-state index contributed by atoms with van der Waals surface area (Å²) in [4.78, 5) is 11.9. The van der Waals surface area contributed by atoms with Crippen LogP contribution in [0.4, 0.5) is 0 Å². The lowest BCUT2D eigenvalue weighted by molar-refractivity contribution is 0.797. The van der Waals surface area contributed by atoms with Gasteiger partial charge < -0.3 is 4.57 Å². The molecule has 0 amide bonds. The van der Waals surface area contributed by atoms with Gasteiger partial charge in [-0.3, -0.25) is 4.79 Å². The normalized spacial score (nSPS) is 10.4. The third-order valence-corrected chi connectivity index (χ3v) is 4.39. The lowest BCUT2D eigenvalue weighted by atomic mass is 10.1. The Balaban J connectivity index is 2.11. The number of rotatable bonds is 3. The third kappa shape index (κ3) is 3.24. The molecule has 4 heteroatoms. The number of halogens is 1. The average molecular weight is 335 g/mol. The zero-order valence-electron chi connectivity index (χ0n) is 13.2. The largest absolute Gasteiger partial charge is 0.343 e. The van der Waals surface area contributed by atoms with Gasteiger partial charge in [-0.1, -0.05) is 41.9 Å². The molecule has 0 spiro atoms. The summed E-state index contributed by atoms with van der Waals surface area (Å²) in [6.07, 6.45) is 1.76. The fraction of sp³-hybridized carbons (Fsp3) is 0.100. The first-order valence-electron chi connectivity index (χ1n) is 7.53. The topological polar surface area (TPSA) is 45.8 Å². The predicted octanol–water partition coefficient (Wildman–Crippen LogP) is 4.40. The molecule has 0 saturated carbocycles. The molecule has 0 saturated heterocycles. The number of pyridine rings is 1. The Labute approximate surface area is 145 Å². The Bertz CT molecular complexity index is 999. The SMILES string of the molecule is Cc1cccc(-c2cc(=O)ccn2Cc2cccc(C#N)c2)c1Cl. The van der Waals surface area contributed by atoms with Crippen LogP contribution in [0, 0.1) is 18.3 Å². The summed E-state index contributed by atoms with van der Waals surface area (Å²) in [5.74, 6) is 0. The molecule has 0 bridgehead atoms. The number of nitriles is 1. The number of aryl methyl sites for hydroxylation is 1. The van der Waals surface area contributed by atoms with Gasteiger partial charge in [-0.15, -0.1) is 0 Å². The van der Waals surface area contributed by atoms with Gasteiger partial charge in [0.25, 0.3) is 0 Å². The maximum absolute atomic E-state index is 11.9. The maximum Gasteiger partial charge on any atom is 0.182 e. The second kappa shape index (κ2) is 6.74. The van der Waals surface area contributed by atoms with Crippen LogP contribution in [0.25, 0.3) is 11.3 Å². The monoisotopic (exact) mass is 334 g/mol. The van der Waals surface area contributed by atoms with Crippen LogP contribution >= 0.6 is 11.6 Å². The molecule has 0 aliphatic carbocycles. The first-order chi connectivity index (χ1) is 11.6. The molecular formula is C20H15ClN2O. The highest BCUT2D eigenvalue weighted by atomic mass is 35.5. The van der Waals surface area contributed by atoms with Crippen molar-refractivity contribution in [1.82, 2.24) is 4.57 Å². The molecule has 3 rings (SSSR count). The van der Waals surface area contributed by atoms with Crippen molar-refractivity contribution in [3.63, 3.8) is 0 Å². The highest BCUT2D eigenvalue weighted by Gasteiger charge is 2.10. The van der Waals surface area contributed by atoms with Crippen LogP contribution in [0.1, 0.15) is 16.7 Å².